The maximum Gasteiger partial charge on any atom is 0.471 e. The molecular weight excluding hydrogens is 417 g/mol. The van der Waals surface area contributed by atoms with E-state index in [9.17, 15) is 52.5 Å². The SMILES string of the molecule is N#CC(C#N)CC(CC(F)(F)C(F)(F)C(F)(F)C(F)F)S(=O)C(F)(F)F. The van der Waals surface area contributed by atoms with E-state index in [2.05, 4.69) is 0 Å². The quantitative estimate of drug-likeness (QED) is 0.548. The Morgan fingerprint density at radius 3 is 1.62 bits per heavy atom. The molecule has 2 atom stereocenters. The first-order chi connectivity index (χ1) is 11.5. The molecule has 15 heteroatoms. The lowest BCUT2D eigenvalue weighted by molar-refractivity contribution is -0.339. The topological polar surface area (TPSA) is 64.7 Å². The van der Waals surface area contributed by atoms with E-state index < -0.39 is 64.5 Å². The molecule has 0 saturated heterocycles. The molecule has 2 unspecified atom stereocenters. The van der Waals surface area contributed by atoms with E-state index in [0.717, 1.165) is 12.1 Å². The molecule has 26 heavy (non-hydrogen) atoms. The summed E-state index contributed by atoms with van der Waals surface area (Å²) in [7, 11) is -4.37. The van der Waals surface area contributed by atoms with Crippen LogP contribution in [-0.2, 0) is 10.8 Å². The van der Waals surface area contributed by atoms with Gasteiger partial charge in [0, 0.05) is 6.42 Å². The molecule has 0 aromatic carbocycles. The Hall–Kier alpha value is -1.64. The highest BCUT2D eigenvalue weighted by Crippen LogP contribution is 2.51. The van der Waals surface area contributed by atoms with Gasteiger partial charge in [-0.1, -0.05) is 0 Å². The fraction of sp³-hybridized carbons (Fsp3) is 0.818. The van der Waals surface area contributed by atoms with E-state index in [0.29, 0.717) is 0 Å². The minimum Gasteiger partial charge on any atom is -0.250 e. The van der Waals surface area contributed by atoms with Crippen LogP contribution in [0.4, 0.5) is 48.3 Å². The second-order valence-electron chi connectivity index (χ2n) is 4.82. The number of hydrogen-bond donors (Lipinski definition) is 0. The molecule has 0 bridgehead atoms. The van der Waals surface area contributed by atoms with E-state index in [4.69, 9.17) is 10.5 Å². The Kier molecular flexibility index (Phi) is 7.44. The van der Waals surface area contributed by atoms with Crippen LogP contribution in [0, 0.1) is 28.6 Å². The predicted molar refractivity (Wildman–Crippen MR) is 62.8 cm³/mol. The summed E-state index contributed by atoms with van der Waals surface area (Å²) in [6.45, 7) is 0. The fourth-order valence-corrected chi connectivity index (χ4v) is 2.73. The average molecular weight is 424 g/mol. The van der Waals surface area contributed by atoms with Crippen LogP contribution in [0.25, 0.3) is 0 Å². The standard InChI is InChI=1S/C11H7F11N2OS/c12-7(13)9(16,17)10(18,19)8(14,15)2-6(1-5(3-23)4-24)26(25)11(20,21)22/h5-7H,1-2H2. The van der Waals surface area contributed by atoms with Crippen molar-refractivity contribution in [2.75, 3.05) is 0 Å². The number of hydrogen-bond acceptors (Lipinski definition) is 3. The molecule has 0 N–H and O–H groups in total. The zero-order valence-corrected chi connectivity index (χ0v) is 12.8. The Morgan fingerprint density at radius 2 is 1.31 bits per heavy atom. The molecule has 3 nitrogen and oxygen atoms in total. The lowest BCUT2D eigenvalue weighted by Crippen LogP contribution is -2.58. The molecule has 0 aromatic rings. The maximum absolute atomic E-state index is 13.5. The van der Waals surface area contributed by atoms with Gasteiger partial charge in [0.15, 0.2) is 0 Å². The third-order valence-corrected chi connectivity index (χ3v) is 4.40. The van der Waals surface area contributed by atoms with Gasteiger partial charge in [-0.3, -0.25) is 4.21 Å². The highest BCUT2D eigenvalue weighted by Gasteiger charge is 2.75. The molecule has 150 valence electrons. The molecule has 0 rings (SSSR count). The van der Waals surface area contributed by atoms with Crippen LogP contribution < -0.4 is 0 Å². The maximum atomic E-state index is 13.5. The molecule has 0 heterocycles. The molecule has 0 radical (unpaired) electrons. The minimum absolute atomic E-state index is 0.998. The molecule has 0 aliphatic heterocycles. The zero-order chi connectivity index (χ0) is 21.1. The number of rotatable bonds is 8. The Balaban J connectivity index is 5.92. The largest absolute Gasteiger partial charge is 0.471 e. The molecule has 0 fully saturated rings. The summed E-state index contributed by atoms with van der Waals surface area (Å²) in [6.07, 6.45) is -9.75. The lowest BCUT2D eigenvalue weighted by atomic mass is 9.96. The third-order valence-electron chi connectivity index (χ3n) is 2.98. The van der Waals surface area contributed by atoms with Gasteiger partial charge in [-0.2, -0.15) is 50.0 Å². The lowest BCUT2D eigenvalue weighted by Gasteiger charge is -2.34. The van der Waals surface area contributed by atoms with Crippen LogP contribution in [-0.4, -0.2) is 39.2 Å². The Bertz CT molecular complexity index is 591. The van der Waals surface area contributed by atoms with Crippen molar-refractivity contribution in [3.05, 3.63) is 0 Å². The van der Waals surface area contributed by atoms with Gasteiger partial charge >= 0.3 is 29.7 Å². The Labute approximate surface area is 140 Å². The summed E-state index contributed by atoms with van der Waals surface area (Å²) in [5, 5.41) is 13.7. The van der Waals surface area contributed by atoms with Crippen LogP contribution in [0.3, 0.4) is 0 Å². The summed E-state index contributed by atoms with van der Waals surface area (Å²) in [5.74, 6) is -21.7. The molecule has 0 aliphatic rings. The molecular formula is C11H7F11N2OS. The highest BCUT2D eigenvalue weighted by atomic mass is 32.2. The van der Waals surface area contributed by atoms with Gasteiger partial charge in [0.2, 0.25) is 0 Å². The van der Waals surface area contributed by atoms with Crippen molar-refractivity contribution in [2.24, 2.45) is 5.92 Å². The minimum atomic E-state index is -6.79. The molecule has 0 amide bonds. The van der Waals surface area contributed by atoms with Crippen LogP contribution in [0.5, 0.6) is 0 Å². The van der Waals surface area contributed by atoms with E-state index >= 15 is 0 Å². The van der Waals surface area contributed by atoms with E-state index in [1.54, 1.807) is 0 Å². The van der Waals surface area contributed by atoms with E-state index in [-0.39, 0.29) is 0 Å². The first kappa shape index (κ1) is 24.4. The molecule has 0 saturated carbocycles. The predicted octanol–water partition coefficient (Wildman–Crippen LogP) is 4.24. The van der Waals surface area contributed by atoms with Crippen molar-refractivity contribution in [1.82, 2.24) is 0 Å². The summed E-state index contributed by atoms with van der Waals surface area (Å²) in [6, 6.07) is 2.00. The summed E-state index contributed by atoms with van der Waals surface area (Å²) >= 11 is 0. The fourth-order valence-electron chi connectivity index (χ4n) is 1.63. The summed E-state index contributed by atoms with van der Waals surface area (Å²) in [5.41, 5.74) is -5.78. The van der Waals surface area contributed by atoms with Gasteiger partial charge in [0.05, 0.1) is 17.4 Å². The highest BCUT2D eigenvalue weighted by molar-refractivity contribution is 7.86. The van der Waals surface area contributed by atoms with Crippen molar-refractivity contribution in [1.29, 1.82) is 10.5 Å². The second kappa shape index (κ2) is 7.94. The number of alkyl halides is 11. The normalized spacial score (nSPS) is 16.3. The number of nitrogens with zero attached hydrogens (tertiary/aromatic N) is 2. The smallest absolute Gasteiger partial charge is 0.250 e. The van der Waals surface area contributed by atoms with Gasteiger partial charge < -0.3 is 0 Å². The van der Waals surface area contributed by atoms with Gasteiger partial charge in [0.1, 0.15) is 16.7 Å². The Morgan fingerprint density at radius 1 is 0.885 bits per heavy atom. The average Bonchev–Trinajstić information content (AvgIpc) is 2.48. The van der Waals surface area contributed by atoms with Crippen molar-refractivity contribution >= 4 is 10.8 Å². The van der Waals surface area contributed by atoms with E-state index in [1.165, 1.54) is 0 Å². The second-order valence-corrected chi connectivity index (χ2v) is 6.54. The van der Waals surface area contributed by atoms with Gasteiger partial charge in [-0.25, -0.2) is 8.78 Å². The first-order valence-electron chi connectivity index (χ1n) is 6.14. The molecule has 0 aromatic heterocycles. The van der Waals surface area contributed by atoms with E-state index in [1.807, 2.05) is 0 Å². The first-order valence-corrected chi connectivity index (χ1v) is 7.35. The van der Waals surface area contributed by atoms with Crippen molar-refractivity contribution in [2.45, 2.75) is 47.8 Å². The number of nitriles is 2. The van der Waals surface area contributed by atoms with Crippen molar-refractivity contribution in [3.63, 3.8) is 0 Å². The summed E-state index contributed by atoms with van der Waals surface area (Å²) in [4.78, 5) is 0. The number of halogens is 11. The van der Waals surface area contributed by atoms with Crippen LogP contribution in [0.1, 0.15) is 12.8 Å². The zero-order valence-electron chi connectivity index (χ0n) is 12.0. The third kappa shape index (κ3) is 4.96. The van der Waals surface area contributed by atoms with Crippen molar-refractivity contribution in [3.8, 4) is 12.1 Å². The van der Waals surface area contributed by atoms with Crippen LogP contribution >= 0.6 is 0 Å². The molecule has 0 aliphatic carbocycles. The van der Waals surface area contributed by atoms with Gasteiger partial charge in [-0.05, 0) is 6.42 Å². The van der Waals surface area contributed by atoms with Crippen LogP contribution in [0.15, 0.2) is 0 Å². The van der Waals surface area contributed by atoms with Gasteiger partial charge in [-0.15, -0.1) is 0 Å². The summed E-state index contributed by atoms with van der Waals surface area (Å²) < 4.78 is 151. The molecule has 0 spiro atoms. The van der Waals surface area contributed by atoms with Crippen LogP contribution in [0.2, 0.25) is 0 Å². The van der Waals surface area contributed by atoms with Crippen molar-refractivity contribution < 1.29 is 52.5 Å². The monoisotopic (exact) mass is 424 g/mol. The van der Waals surface area contributed by atoms with Gasteiger partial charge in [0.25, 0.3) is 0 Å².